The van der Waals surface area contributed by atoms with Gasteiger partial charge in [0.05, 0.1) is 0 Å². The van der Waals surface area contributed by atoms with Crippen molar-refractivity contribution in [2.24, 2.45) is 0 Å². The van der Waals surface area contributed by atoms with Gasteiger partial charge in [0.15, 0.2) is 0 Å². The molecule has 150 valence electrons. The van der Waals surface area contributed by atoms with E-state index in [0.29, 0.717) is 35.2 Å². The van der Waals surface area contributed by atoms with Crippen LogP contribution in [0.1, 0.15) is 36.4 Å². The summed E-state index contributed by atoms with van der Waals surface area (Å²) in [6.45, 7) is 4.50. The van der Waals surface area contributed by atoms with E-state index in [1.807, 2.05) is 6.07 Å². The lowest BCUT2D eigenvalue weighted by Crippen LogP contribution is -2.37. The third-order valence-corrected chi connectivity index (χ3v) is 5.95. The van der Waals surface area contributed by atoms with Gasteiger partial charge in [-0.3, -0.25) is 9.69 Å². The van der Waals surface area contributed by atoms with Crippen LogP contribution >= 0.6 is 11.3 Å². The van der Waals surface area contributed by atoms with Gasteiger partial charge in [0, 0.05) is 49.1 Å². The molecular weight excluding hydrogens is 392 g/mol. The van der Waals surface area contributed by atoms with E-state index in [4.69, 9.17) is 9.63 Å². The van der Waals surface area contributed by atoms with Crippen molar-refractivity contribution < 1.29 is 19.2 Å². The largest absolute Gasteiger partial charge is 0.477 e. The van der Waals surface area contributed by atoms with E-state index in [1.54, 1.807) is 31.2 Å². The molecule has 1 amide bonds. The van der Waals surface area contributed by atoms with Gasteiger partial charge in [-0.05, 0) is 30.2 Å². The summed E-state index contributed by atoms with van der Waals surface area (Å²) in [5.41, 5.74) is 2.39. The molecule has 0 radical (unpaired) electrons. The lowest BCUT2D eigenvalue weighted by Gasteiger charge is -2.26. The first kappa shape index (κ1) is 19.3. The molecule has 3 heterocycles. The molecule has 0 aliphatic carbocycles. The Bertz CT molecular complexity index is 1060. The number of thiophene rings is 1. The number of carboxylic acids is 1. The predicted octanol–water partition coefficient (Wildman–Crippen LogP) is 2.59. The van der Waals surface area contributed by atoms with Crippen LogP contribution in [0.25, 0.3) is 11.4 Å². The highest BCUT2D eigenvalue weighted by atomic mass is 32.1. The summed E-state index contributed by atoms with van der Waals surface area (Å²) in [5.74, 6) is -0.103. The zero-order valence-electron chi connectivity index (χ0n) is 15.8. The number of carboxylic acid groups (broad SMARTS) is 1. The molecule has 0 atom stereocenters. The number of nitrogens with zero attached hydrogens (tertiary/aromatic N) is 3. The molecule has 0 saturated heterocycles. The third-order valence-electron chi connectivity index (χ3n) is 4.80. The fourth-order valence-corrected chi connectivity index (χ4v) is 4.41. The standard InChI is InChI=1S/C20H20N4O4S/c1-12-22-18(23-28-12)14-3-2-4-15(9-14)19(25)21-6-8-24-7-5-13-10-16(20(26)27)29-17(13)11-24/h2-4,9-10H,5-8,11H2,1H3,(H,21,25)(H,26,27). The van der Waals surface area contributed by atoms with Crippen molar-refractivity contribution in [1.82, 2.24) is 20.4 Å². The second-order valence-corrected chi connectivity index (χ2v) is 8.00. The number of rotatable bonds is 6. The summed E-state index contributed by atoms with van der Waals surface area (Å²) >= 11 is 1.34. The normalized spacial score (nSPS) is 13.8. The lowest BCUT2D eigenvalue weighted by atomic mass is 10.1. The summed E-state index contributed by atoms with van der Waals surface area (Å²) < 4.78 is 4.99. The maximum Gasteiger partial charge on any atom is 0.345 e. The van der Waals surface area contributed by atoms with E-state index in [1.165, 1.54) is 11.3 Å². The van der Waals surface area contributed by atoms with E-state index in [0.717, 1.165) is 35.5 Å². The Balaban J connectivity index is 1.32. The zero-order valence-corrected chi connectivity index (χ0v) is 16.7. The number of amides is 1. The molecule has 3 aromatic rings. The van der Waals surface area contributed by atoms with Crippen molar-refractivity contribution in [1.29, 1.82) is 0 Å². The first-order valence-corrected chi connectivity index (χ1v) is 10.1. The van der Waals surface area contributed by atoms with Crippen molar-refractivity contribution >= 4 is 23.2 Å². The molecule has 0 fully saturated rings. The molecule has 1 aliphatic rings. The van der Waals surface area contributed by atoms with Gasteiger partial charge in [-0.25, -0.2) is 4.79 Å². The Kier molecular flexibility index (Phi) is 5.41. The number of aromatic nitrogens is 2. The van der Waals surface area contributed by atoms with Crippen LogP contribution in [0, 0.1) is 6.92 Å². The maximum atomic E-state index is 12.5. The Morgan fingerprint density at radius 3 is 2.97 bits per heavy atom. The molecule has 1 aliphatic heterocycles. The Morgan fingerprint density at radius 2 is 2.21 bits per heavy atom. The summed E-state index contributed by atoms with van der Waals surface area (Å²) in [4.78, 5) is 31.5. The van der Waals surface area contributed by atoms with Gasteiger partial charge in [-0.15, -0.1) is 11.3 Å². The first-order valence-electron chi connectivity index (χ1n) is 9.26. The van der Waals surface area contributed by atoms with Gasteiger partial charge in [-0.2, -0.15) is 4.98 Å². The molecule has 2 N–H and O–H groups in total. The number of aryl methyl sites for hydroxylation is 1. The average molecular weight is 412 g/mol. The molecule has 4 rings (SSSR count). The minimum Gasteiger partial charge on any atom is -0.477 e. The van der Waals surface area contributed by atoms with Crippen molar-refractivity contribution in [3.05, 3.63) is 57.1 Å². The highest BCUT2D eigenvalue weighted by molar-refractivity contribution is 7.14. The van der Waals surface area contributed by atoms with Crippen LogP contribution in [-0.2, 0) is 13.0 Å². The number of aromatic carboxylic acids is 1. The topological polar surface area (TPSA) is 109 Å². The molecule has 0 spiro atoms. The molecule has 2 aromatic heterocycles. The highest BCUT2D eigenvalue weighted by Crippen LogP contribution is 2.28. The monoisotopic (exact) mass is 412 g/mol. The van der Waals surface area contributed by atoms with Crippen LogP contribution in [0.2, 0.25) is 0 Å². The third kappa shape index (κ3) is 4.36. The Hall–Kier alpha value is -3.04. The van der Waals surface area contributed by atoms with Crippen LogP contribution in [0.15, 0.2) is 34.9 Å². The van der Waals surface area contributed by atoms with Crippen molar-refractivity contribution in [2.75, 3.05) is 19.6 Å². The van der Waals surface area contributed by atoms with Crippen molar-refractivity contribution in [3.8, 4) is 11.4 Å². The molecule has 8 nitrogen and oxygen atoms in total. The molecule has 0 bridgehead atoms. The van der Waals surface area contributed by atoms with E-state index in [-0.39, 0.29) is 5.91 Å². The molecule has 29 heavy (non-hydrogen) atoms. The van der Waals surface area contributed by atoms with Crippen LogP contribution < -0.4 is 5.32 Å². The maximum absolute atomic E-state index is 12.5. The fraction of sp³-hybridized carbons (Fsp3) is 0.300. The van der Waals surface area contributed by atoms with Gasteiger partial charge in [0.25, 0.3) is 5.91 Å². The van der Waals surface area contributed by atoms with E-state index in [9.17, 15) is 9.59 Å². The number of benzene rings is 1. The lowest BCUT2D eigenvalue weighted by molar-refractivity contribution is 0.0701. The van der Waals surface area contributed by atoms with Gasteiger partial charge in [0.1, 0.15) is 4.88 Å². The van der Waals surface area contributed by atoms with Crippen molar-refractivity contribution in [3.63, 3.8) is 0 Å². The zero-order chi connectivity index (χ0) is 20.4. The minimum atomic E-state index is -0.874. The second kappa shape index (κ2) is 8.14. The van der Waals surface area contributed by atoms with Gasteiger partial charge < -0.3 is 14.9 Å². The summed E-state index contributed by atoms with van der Waals surface area (Å²) in [5, 5.41) is 16.0. The molecule has 0 saturated carbocycles. The number of carbonyl (C=O) groups excluding carboxylic acids is 1. The van der Waals surface area contributed by atoms with Crippen molar-refractivity contribution in [2.45, 2.75) is 19.9 Å². The van der Waals surface area contributed by atoms with E-state index < -0.39 is 5.97 Å². The highest BCUT2D eigenvalue weighted by Gasteiger charge is 2.21. The summed E-state index contributed by atoms with van der Waals surface area (Å²) in [7, 11) is 0. The van der Waals surface area contributed by atoms with Crippen LogP contribution in [0.3, 0.4) is 0 Å². The Morgan fingerprint density at radius 1 is 1.34 bits per heavy atom. The van der Waals surface area contributed by atoms with Gasteiger partial charge >= 0.3 is 5.97 Å². The Labute approximate surface area is 171 Å². The van der Waals surface area contributed by atoms with Crippen LogP contribution in [0.4, 0.5) is 0 Å². The van der Waals surface area contributed by atoms with Gasteiger partial charge in [0.2, 0.25) is 11.7 Å². The summed E-state index contributed by atoms with van der Waals surface area (Å²) in [6, 6.07) is 8.89. The van der Waals surface area contributed by atoms with Crippen LogP contribution in [-0.4, -0.2) is 51.7 Å². The SMILES string of the molecule is Cc1nc(-c2cccc(C(=O)NCCN3CCc4cc(C(=O)O)sc4C3)c2)no1. The molecule has 9 heteroatoms. The van der Waals surface area contributed by atoms with E-state index >= 15 is 0 Å². The number of fused-ring (bicyclic) bond motifs is 1. The first-order chi connectivity index (χ1) is 14.0. The minimum absolute atomic E-state index is 0.158. The van der Waals surface area contributed by atoms with Gasteiger partial charge in [-0.1, -0.05) is 17.3 Å². The average Bonchev–Trinajstić information content (AvgIpc) is 3.34. The smallest absolute Gasteiger partial charge is 0.345 e. The van der Waals surface area contributed by atoms with E-state index in [2.05, 4.69) is 20.4 Å². The quantitative estimate of drug-likeness (QED) is 0.640. The molecule has 0 unspecified atom stereocenters. The van der Waals surface area contributed by atoms with Crippen LogP contribution in [0.5, 0.6) is 0 Å². The number of hydrogen-bond donors (Lipinski definition) is 2. The number of carbonyl (C=O) groups is 2. The summed E-state index contributed by atoms with van der Waals surface area (Å²) in [6.07, 6.45) is 0.833. The fourth-order valence-electron chi connectivity index (χ4n) is 3.31. The number of hydrogen-bond acceptors (Lipinski definition) is 7. The molecule has 1 aromatic carbocycles. The number of nitrogens with one attached hydrogen (secondary N) is 1. The predicted molar refractivity (Wildman–Crippen MR) is 107 cm³/mol. The molecular formula is C20H20N4O4S. The second-order valence-electron chi connectivity index (χ2n) is 6.86.